The average molecular weight is 356 g/mol. The Kier molecular flexibility index (Phi) is 4.78. The summed E-state index contributed by atoms with van der Waals surface area (Å²) in [5, 5.41) is 3.92. The third-order valence-electron chi connectivity index (χ3n) is 2.96. The summed E-state index contributed by atoms with van der Waals surface area (Å²) in [5.74, 6) is 0.616. The van der Waals surface area contributed by atoms with Crippen LogP contribution in [0.4, 0.5) is 4.39 Å². The molecule has 0 bridgehead atoms. The Bertz CT molecular complexity index is 622. The molecule has 1 heterocycles. The number of halogens is 2. The molecule has 114 valence electrons. The predicted octanol–water partition coefficient (Wildman–Crippen LogP) is 3.94. The summed E-state index contributed by atoms with van der Waals surface area (Å²) < 4.78 is 18.8. The molecule has 2 aromatic rings. The maximum absolute atomic E-state index is 13.2. The summed E-state index contributed by atoms with van der Waals surface area (Å²) in [6, 6.07) is 4.57. The molecule has 1 aromatic heterocycles. The molecule has 0 amide bonds. The minimum absolute atomic E-state index is 0.0294. The van der Waals surface area contributed by atoms with E-state index in [1.807, 2.05) is 0 Å². The van der Waals surface area contributed by atoms with Crippen molar-refractivity contribution in [1.82, 2.24) is 10.1 Å². The fourth-order valence-corrected chi connectivity index (χ4v) is 2.55. The van der Waals surface area contributed by atoms with Crippen LogP contribution in [0.5, 0.6) is 0 Å². The van der Waals surface area contributed by atoms with E-state index in [1.165, 1.54) is 6.07 Å². The molecular weight excluding hydrogens is 337 g/mol. The molecule has 0 aliphatic heterocycles. The van der Waals surface area contributed by atoms with Gasteiger partial charge in [0, 0.05) is 18.0 Å². The smallest absolute Gasteiger partial charge is 0.228 e. The van der Waals surface area contributed by atoms with E-state index >= 15 is 0 Å². The van der Waals surface area contributed by atoms with E-state index < -0.39 is 0 Å². The minimum atomic E-state index is -0.324. The summed E-state index contributed by atoms with van der Waals surface area (Å²) in [7, 11) is 0. The van der Waals surface area contributed by atoms with Gasteiger partial charge >= 0.3 is 0 Å². The Balaban J connectivity index is 2.09. The van der Waals surface area contributed by atoms with Crippen molar-refractivity contribution in [2.75, 3.05) is 0 Å². The van der Waals surface area contributed by atoms with Crippen molar-refractivity contribution in [3.63, 3.8) is 0 Å². The van der Waals surface area contributed by atoms with E-state index in [-0.39, 0.29) is 17.3 Å². The van der Waals surface area contributed by atoms with Gasteiger partial charge in [0.2, 0.25) is 11.7 Å². The molecular formula is C15H19BrFN3O. The van der Waals surface area contributed by atoms with Crippen LogP contribution in [0.15, 0.2) is 27.2 Å². The molecule has 0 saturated heterocycles. The van der Waals surface area contributed by atoms with Crippen LogP contribution in [0.25, 0.3) is 11.4 Å². The molecule has 0 aliphatic carbocycles. The van der Waals surface area contributed by atoms with Crippen molar-refractivity contribution in [3.8, 4) is 11.4 Å². The van der Waals surface area contributed by atoms with Gasteiger partial charge in [0.25, 0.3) is 0 Å². The van der Waals surface area contributed by atoms with Gasteiger partial charge in [-0.15, -0.1) is 0 Å². The van der Waals surface area contributed by atoms with E-state index in [0.29, 0.717) is 28.2 Å². The Labute approximate surface area is 132 Å². The van der Waals surface area contributed by atoms with Gasteiger partial charge in [0.15, 0.2) is 0 Å². The number of rotatable bonds is 4. The highest BCUT2D eigenvalue weighted by molar-refractivity contribution is 9.10. The second kappa shape index (κ2) is 6.23. The Morgan fingerprint density at radius 1 is 1.38 bits per heavy atom. The van der Waals surface area contributed by atoms with Crippen molar-refractivity contribution in [2.24, 2.45) is 11.1 Å². The summed E-state index contributed by atoms with van der Waals surface area (Å²) in [4.78, 5) is 4.32. The summed E-state index contributed by atoms with van der Waals surface area (Å²) in [5.41, 5.74) is 6.95. The zero-order chi connectivity index (χ0) is 15.6. The van der Waals surface area contributed by atoms with Crippen LogP contribution in [-0.2, 0) is 6.42 Å². The molecule has 0 fully saturated rings. The highest BCUT2D eigenvalue weighted by Gasteiger charge is 2.19. The van der Waals surface area contributed by atoms with Crippen molar-refractivity contribution >= 4 is 15.9 Å². The van der Waals surface area contributed by atoms with Gasteiger partial charge < -0.3 is 10.3 Å². The molecule has 0 saturated carbocycles. The average Bonchev–Trinajstić information content (AvgIpc) is 2.78. The SMILES string of the molecule is CC(C)(C)CC(N)Cc1nc(-c2ccc(F)c(Br)c2)no1. The van der Waals surface area contributed by atoms with E-state index in [0.717, 1.165) is 6.42 Å². The lowest BCUT2D eigenvalue weighted by Gasteiger charge is -2.21. The summed E-state index contributed by atoms with van der Waals surface area (Å²) in [6.45, 7) is 6.42. The Hall–Kier alpha value is -1.27. The molecule has 21 heavy (non-hydrogen) atoms. The molecule has 6 heteroatoms. The minimum Gasteiger partial charge on any atom is -0.339 e. The van der Waals surface area contributed by atoms with Crippen LogP contribution in [0.2, 0.25) is 0 Å². The monoisotopic (exact) mass is 355 g/mol. The zero-order valence-corrected chi connectivity index (χ0v) is 13.9. The fourth-order valence-electron chi connectivity index (χ4n) is 2.17. The van der Waals surface area contributed by atoms with Crippen LogP contribution < -0.4 is 5.73 Å². The van der Waals surface area contributed by atoms with Gasteiger partial charge in [-0.25, -0.2) is 4.39 Å². The lowest BCUT2D eigenvalue weighted by atomic mass is 9.87. The number of hydrogen-bond acceptors (Lipinski definition) is 4. The van der Waals surface area contributed by atoms with Gasteiger partial charge in [-0.05, 0) is 46.0 Å². The van der Waals surface area contributed by atoms with Gasteiger partial charge in [-0.2, -0.15) is 4.98 Å². The summed E-state index contributed by atoms with van der Waals surface area (Å²) in [6.07, 6.45) is 1.40. The van der Waals surface area contributed by atoms with Crippen molar-refractivity contribution in [3.05, 3.63) is 34.4 Å². The van der Waals surface area contributed by atoms with Gasteiger partial charge in [-0.3, -0.25) is 0 Å². The number of benzene rings is 1. The van der Waals surface area contributed by atoms with Crippen molar-refractivity contribution in [2.45, 2.75) is 39.7 Å². The van der Waals surface area contributed by atoms with Gasteiger partial charge in [0.05, 0.1) is 4.47 Å². The highest BCUT2D eigenvalue weighted by Crippen LogP contribution is 2.24. The first-order valence-corrected chi connectivity index (χ1v) is 7.57. The quantitative estimate of drug-likeness (QED) is 0.901. The lowest BCUT2D eigenvalue weighted by Crippen LogP contribution is -2.28. The van der Waals surface area contributed by atoms with E-state index in [4.69, 9.17) is 10.3 Å². The molecule has 0 aliphatic rings. The number of nitrogens with zero attached hydrogens (tertiary/aromatic N) is 2. The van der Waals surface area contributed by atoms with Crippen molar-refractivity contribution in [1.29, 1.82) is 0 Å². The van der Waals surface area contributed by atoms with E-state index in [2.05, 4.69) is 46.8 Å². The molecule has 0 spiro atoms. The molecule has 4 nitrogen and oxygen atoms in total. The zero-order valence-electron chi connectivity index (χ0n) is 12.4. The number of aromatic nitrogens is 2. The van der Waals surface area contributed by atoms with Crippen LogP contribution in [0.3, 0.4) is 0 Å². The van der Waals surface area contributed by atoms with Crippen LogP contribution in [-0.4, -0.2) is 16.2 Å². The van der Waals surface area contributed by atoms with E-state index in [1.54, 1.807) is 12.1 Å². The molecule has 0 radical (unpaired) electrons. The first kappa shape index (κ1) is 16.1. The fraction of sp³-hybridized carbons (Fsp3) is 0.467. The Morgan fingerprint density at radius 2 is 2.10 bits per heavy atom. The van der Waals surface area contributed by atoms with Crippen LogP contribution in [0, 0.1) is 11.2 Å². The number of hydrogen-bond donors (Lipinski definition) is 1. The van der Waals surface area contributed by atoms with Gasteiger partial charge in [-0.1, -0.05) is 25.9 Å². The molecule has 1 unspecified atom stereocenters. The van der Waals surface area contributed by atoms with Gasteiger partial charge in [0.1, 0.15) is 5.82 Å². The maximum Gasteiger partial charge on any atom is 0.228 e. The normalized spacial score (nSPS) is 13.4. The summed E-state index contributed by atoms with van der Waals surface area (Å²) >= 11 is 3.14. The number of nitrogens with two attached hydrogens (primary N) is 1. The maximum atomic E-state index is 13.2. The van der Waals surface area contributed by atoms with E-state index in [9.17, 15) is 4.39 Å². The standard InChI is InChI=1S/C15H19BrFN3O/c1-15(2,3)8-10(18)7-13-19-14(20-21-13)9-4-5-12(17)11(16)6-9/h4-6,10H,7-8,18H2,1-3H3. The van der Waals surface area contributed by atoms with Crippen LogP contribution >= 0.6 is 15.9 Å². The second-order valence-corrected chi connectivity index (χ2v) is 7.22. The second-order valence-electron chi connectivity index (χ2n) is 6.37. The third kappa shape index (κ3) is 4.61. The predicted molar refractivity (Wildman–Crippen MR) is 83.1 cm³/mol. The molecule has 1 atom stereocenters. The lowest BCUT2D eigenvalue weighted by molar-refractivity contribution is 0.313. The largest absolute Gasteiger partial charge is 0.339 e. The third-order valence-corrected chi connectivity index (χ3v) is 3.56. The molecule has 1 aromatic carbocycles. The van der Waals surface area contributed by atoms with Crippen LogP contribution in [0.1, 0.15) is 33.1 Å². The first-order chi connectivity index (χ1) is 9.74. The molecule has 2 rings (SSSR count). The topological polar surface area (TPSA) is 64.9 Å². The molecule has 2 N–H and O–H groups in total. The van der Waals surface area contributed by atoms with Crippen molar-refractivity contribution < 1.29 is 8.91 Å². The highest BCUT2D eigenvalue weighted by atomic mass is 79.9. The first-order valence-electron chi connectivity index (χ1n) is 6.78. The Morgan fingerprint density at radius 3 is 2.71 bits per heavy atom.